The van der Waals surface area contributed by atoms with Gasteiger partial charge in [0.05, 0.1) is 4.90 Å². The summed E-state index contributed by atoms with van der Waals surface area (Å²) in [5.41, 5.74) is 0.0508. The SMILES string of the molecule is CC1CC1NS(=O)(=O)c1ccc(F)cc1C#CCO. The zero-order chi connectivity index (χ0) is 14.0. The van der Waals surface area contributed by atoms with E-state index in [-0.39, 0.29) is 16.5 Å². The highest BCUT2D eigenvalue weighted by Crippen LogP contribution is 2.31. The van der Waals surface area contributed by atoms with Gasteiger partial charge in [0.15, 0.2) is 0 Å². The maximum atomic E-state index is 13.2. The molecule has 4 nitrogen and oxygen atoms in total. The molecule has 2 atom stereocenters. The Morgan fingerprint density at radius 1 is 1.53 bits per heavy atom. The highest BCUT2D eigenvalue weighted by molar-refractivity contribution is 7.89. The molecular formula is C13H14FNO3S. The second kappa shape index (κ2) is 5.29. The largest absolute Gasteiger partial charge is 0.384 e. The van der Waals surface area contributed by atoms with Gasteiger partial charge in [0.1, 0.15) is 12.4 Å². The van der Waals surface area contributed by atoms with Crippen LogP contribution in [0.1, 0.15) is 18.9 Å². The Labute approximate surface area is 111 Å². The molecule has 1 saturated carbocycles. The summed E-state index contributed by atoms with van der Waals surface area (Å²) in [7, 11) is -3.71. The summed E-state index contributed by atoms with van der Waals surface area (Å²) in [4.78, 5) is -0.0612. The third kappa shape index (κ3) is 3.32. The zero-order valence-corrected chi connectivity index (χ0v) is 11.2. The first-order valence-electron chi connectivity index (χ1n) is 5.85. The highest BCUT2D eigenvalue weighted by Gasteiger charge is 2.36. The Kier molecular flexibility index (Phi) is 3.90. The van der Waals surface area contributed by atoms with Crippen LogP contribution >= 0.6 is 0 Å². The van der Waals surface area contributed by atoms with E-state index in [1.165, 1.54) is 6.07 Å². The molecule has 102 valence electrons. The molecule has 0 heterocycles. The van der Waals surface area contributed by atoms with Crippen molar-refractivity contribution in [1.29, 1.82) is 0 Å². The number of nitrogens with one attached hydrogen (secondary N) is 1. The molecule has 19 heavy (non-hydrogen) atoms. The maximum absolute atomic E-state index is 13.2. The lowest BCUT2D eigenvalue weighted by molar-refractivity contribution is 0.350. The summed E-state index contributed by atoms with van der Waals surface area (Å²) in [6.45, 7) is 1.54. The topological polar surface area (TPSA) is 66.4 Å². The first-order valence-corrected chi connectivity index (χ1v) is 7.34. The number of hydrogen-bond acceptors (Lipinski definition) is 3. The molecule has 0 amide bonds. The summed E-state index contributed by atoms with van der Waals surface area (Å²) in [6.07, 6.45) is 0.804. The van der Waals surface area contributed by atoms with E-state index >= 15 is 0 Å². The molecule has 1 aliphatic carbocycles. The van der Waals surface area contributed by atoms with E-state index in [4.69, 9.17) is 5.11 Å². The van der Waals surface area contributed by atoms with Crippen LogP contribution in [0.4, 0.5) is 4.39 Å². The van der Waals surface area contributed by atoms with Crippen molar-refractivity contribution in [1.82, 2.24) is 4.72 Å². The Hall–Kier alpha value is -1.42. The van der Waals surface area contributed by atoms with Gasteiger partial charge in [-0.15, -0.1) is 0 Å². The molecule has 0 bridgehead atoms. The van der Waals surface area contributed by atoms with Gasteiger partial charge in [-0.1, -0.05) is 18.8 Å². The highest BCUT2D eigenvalue weighted by atomic mass is 32.2. The fourth-order valence-electron chi connectivity index (χ4n) is 1.72. The number of rotatable bonds is 3. The molecule has 1 aliphatic rings. The summed E-state index contributed by atoms with van der Waals surface area (Å²) in [5.74, 6) is 4.54. The molecule has 6 heteroatoms. The van der Waals surface area contributed by atoms with E-state index in [1.54, 1.807) is 0 Å². The number of aliphatic hydroxyl groups excluding tert-OH is 1. The van der Waals surface area contributed by atoms with Crippen LogP contribution in [0, 0.1) is 23.6 Å². The predicted molar refractivity (Wildman–Crippen MR) is 68.3 cm³/mol. The van der Waals surface area contributed by atoms with Gasteiger partial charge < -0.3 is 5.11 Å². The molecule has 0 saturated heterocycles. The van der Waals surface area contributed by atoms with Crippen LogP contribution in [0.5, 0.6) is 0 Å². The van der Waals surface area contributed by atoms with Crippen molar-refractivity contribution < 1.29 is 17.9 Å². The van der Waals surface area contributed by atoms with Crippen molar-refractivity contribution in [2.24, 2.45) is 5.92 Å². The van der Waals surface area contributed by atoms with Crippen molar-refractivity contribution in [2.45, 2.75) is 24.3 Å². The Balaban J connectivity index is 2.37. The molecule has 0 radical (unpaired) electrons. The van der Waals surface area contributed by atoms with E-state index in [1.807, 2.05) is 6.92 Å². The predicted octanol–water partition coefficient (Wildman–Crippen LogP) is 0.856. The second-order valence-corrected chi connectivity index (χ2v) is 6.22. The number of sulfonamides is 1. The Bertz CT molecular complexity index is 646. The molecule has 1 aromatic carbocycles. The van der Waals surface area contributed by atoms with E-state index < -0.39 is 22.4 Å². The van der Waals surface area contributed by atoms with Crippen LogP contribution < -0.4 is 4.72 Å². The quantitative estimate of drug-likeness (QED) is 0.808. The number of hydrogen-bond donors (Lipinski definition) is 2. The van der Waals surface area contributed by atoms with E-state index in [9.17, 15) is 12.8 Å². The van der Waals surface area contributed by atoms with E-state index in [2.05, 4.69) is 16.6 Å². The minimum absolute atomic E-state index is 0.0508. The second-order valence-electron chi connectivity index (χ2n) is 4.54. The molecular weight excluding hydrogens is 269 g/mol. The Morgan fingerprint density at radius 3 is 2.79 bits per heavy atom. The lowest BCUT2D eigenvalue weighted by atomic mass is 10.2. The lowest BCUT2D eigenvalue weighted by Crippen LogP contribution is -2.27. The van der Waals surface area contributed by atoms with Crippen LogP contribution in [0.25, 0.3) is 0 Å². The fourth-order valence-corrected chi connectivity index (χ4v) is 3.22. The lowest BCUT2D eigenvalue weighted by Gasteiger charge is -2.08. The average Bonchev–Trinajstić information content (AvgIpc) is 3.01. The van der Waals surface area contributed by atoms with Crippen LogP contribution in [0.3, 0.4) is 0 Å². The molecule has 2 N–H and O–H groups in total. The standard InChI is InChI=1S/C13H14FNO3S/c1-9-7-12(9)15-19(17,18)13-5-4-11(14)8-10(13)3-2-6-16/h4-5,8-9,12,15-16H,6-7H2,1H3. The minimum Gasteiger partial charge on any atom is -0.384 e. The molecule has 1 aromatic rings. The number of aliphatic hydroxyl groups is 1. The van der Waals surface area contributed by atoms with Crippen molar-refractivity contribution in [2.75, 3.05) is 6.61 Å². The van der Waals surface area contributed by atoms with Crippen LogP contribution in [0.2, 0.25) is 0 Å². The molecule has 0 spiro atoms. The normalized spacial score (nSPS) is 21.6. The van der Waals surface area contributed by atoms with Crippen molar-refractivity contribution in [3.63, 3.8) is 0 Å². The van der Waals surface area contributed by atoms with Crippen LogP contribution in [-0.4, -0.2) is 26.2 Å². The van der Waals surface area contributed by atoms with Crippen molar-refractivity contribution in [3.8, 4) is 11.8 Å². The molecule has 0 aliphatic heterocycles. The smallest absolute Gasteiger partial charge is 0.242 e. The molecule has 2 unspecified atom stereocenters. The molecule has 2 rings (SSSR count). The van der Waals surface area contributed by atoms with Crippen molar-refractivity contribution >= 4 is 10.0 Å². The minimum atomic E-state index is -3.71. The van der Waals surface area contributed by atoms with Gasteiger partial charge in [-0.05, 0) is 30.5 Å². The number of halogens is 1. The Morgan fingerprint density at radius 2 is 2.21 bits per heavy atom. The summed E-state index contributed by atoms with van der Waals surface area (Å²) >= 11 is 0. The summed E-state index contributed by atoms with van der Waals surface area (Å²) in [6, 6.07) is 3.25. The van der Waals surface area contributed by atoms with Gasteiger partial charge in [0, 0.05) is 11.6 Å². The van der Waals surface area contributed by atoms with Crippen LogP contribution in [-0.2, 0) is 10.0 Å². The van der Waals surface area contributed by atoms with E-state index in [0.29, 0.717) is 5.92 Å². The van der Waals surface area contributed by atoms with Gasteiger partial charge >= 0.3 is 0 Å². The van der Waals surface area contributed by atoms with Gasteiger partial charge in [0.2, 0.25) is 10.0 Å². The van der Waals surface area contributed by atoms with E-state index in [0.717, 1.165) is 18.6 Å². The first kappa shape index (κ1) is 14.0. The van der Waals surface area contributed by atoms with Gasteiger partial charge in [-0.2, -0.15) is 0 Å². The monoisotopic (exact) mass is 283 g/mol. The molecule has 1 fully saturated rings. The fraction of sp³-hybridized carbons (Fsp3) is 0.385. The summed E-state index contributed by atoms with van der Waals surface area (Å²) in [5, 5.41) is 8.65. The maximum Gasteiger partial charge on any atom is 0.242 e. The zero-order valence-electron chi connectivity index (χ0n) is 10.4. The third-order valence-electron chi connectivity index (χ3n) is 2.95. The van der Waals surface area contributed by atoms with Gasteiger partial charge in [-0.25, -0.2) is 17.5 Å². The van der Waals surface area contributed by atoms with Gasteiger partial charge in [0.25, 0.3) is 0 Å². The summed E-state index contributed by atoms with van der Waals surface area (Å²) < 4.78 is 40.0. The number of benzene rings is 1. The first-order chi connectivity index (χ1) is 8.94. The third-order valence-corrected chi connectivity index (χ3v) is 4.50. The van der Waals surface area contributed by atoms with Gasteiger partial charge in [-0.3, -0.25) is 0 Å². The molecule has 0 aromatic heterocycles. The van der Waals surface area contributed by atoms with Crippen molar-refractivity contribution in [3.05, 3.63) is 29.6 Å². The van der Waals surface area contributed by atoms with Crippen LogP contribution in [0.15, 0.2) is 23.1 Å². The average molecular weight is 283 g/mol.